The number of thiazole rings is 1. The Morgan fingerprint density at radius 1 is 1.35 bits per heavy atom. The van der Waals surface area contributed by atoms with E-state index in [1.165, 1.54) is 11.1 Å². The van der Waals surface area contributed by atoms with E-state index in [4.69, 9.17) is 0 Å². The number of aryl methyl sites for hydroxylation is 2. The van der Waals surface area contributed by atoms with E-state index in [-0.39, 0.29) is 6.61 Å². The van der Waals surface area contributed by atoms with E-state index in [0.717, 1.165) is 35.1 Å². The summed E-state index contributed by atoms with van der Waals surface area (Å²) in [6.45, 7) is 5.17. The van der Waals surface area contributed by atoms with Gasteiger partial charge in [-0.05, 0) is 18.9 Å². The molecule has 20 heavy (non-hydrogen) atoms. The highest BCUT2D eigenvalue weighted by molar-refractivity contribution is 7.15. The minimum atomic E-state index is 0.0886. The van der Waals surface area contributed by atoms with Gasteiger partial charge < -0.3 is 10.0 Å². The molecule has 108 valence electrons. The molecule has 0 saturated heterocycles. The fraction of sp³-hybridized carbons (Fsp3) is 0.438. The first-order valence-electron chi connectivity index (χ1n) is 7.00. The quantitative estimate of drug-likeness (QED) is 0.884. The van der Waals surface area contributed by atoms with Gasteiger partial charge in [0, 0.05) is 13.6 Å². The van der Waals surface area contributed by atoms with E-state index < -0.39 is 0 Å². The number of hydrogen-bond donors (Lipinski definition) is 1. The van der Waals surface area contributed by atoms with Crippen LogP contribution < -0.4 is 4.90 Å². The van der Waals surface area contributed by atoms with Gasteiger partial charge in [-0.15, -0.1) is 0 Å². The zero-order valence-corrected chi connectivity index (χ0v) is 13.2. The molecule has 0 fully saturated rings. The number of hydrogen-bond acceptors (Lipinski definition) is 4. The Hall–Kier alpha value is -1.39. The molecular formula is C16H22N2OS. The molecule has 0 bridgehead atoms. The summed E-state index contributed by atoms with van der Waals surface area (Å²) in [6, 6.07) is 8.53. The maximum Gasteiger partial charge on any atom is 0.185 e. The van der Waals surface area contributed by atoms with Gasteiger partial charge in [-0.2, -0.15) is 0 Å². The molecule has 0 aliphatic carbocycles. The van der Waals surface area contributed by atoms with E-state index in [1.807, 2.05) is 0 Å². The third-order valence-corrected chi connectivity index (χ3v) is 4.42. The van der Waals surface area contributed by atoms with Gasteiger partial charge in [0.1, 0.15) is 0 Å². The normalized spacial score (nSPS) is 10.8. The van der Waals surface area contributed by atoms with Gasteiger partial charge in [-0.25, -0.2) is 4.98 Å². The summed E-state index contributed by atoms with van der Waals surface area (Å²) in [4.78, 5) is 7.82. The second-order valence-electron chi connectivity index (χ2n) is 5.12. The van der Waals surface area contributed by atoms with Gasteiger partial charge in [0.15, 0.2) is 5.13 Å². The van der Waals surface area contributed by atoms with Crippen molar-refractivity contribution in [3.63, 3.8) is 0 Å². The monoisotopic (exact) mass is 290 g/mol. The molecule has 2 aromatic rings. The van der Waals surface area contributed by atoms with Crippen molar-refractivity contribution in [2.24, 2.45) is 0 Å². The Balaban J connectivity index is 2.14. The van der Waals surface area contributed by atoms with Crippen molar-refractivity contribution in [1.82, 2.24) is 4.98 Å². The van der Waals surface area contributed by atoms with E-state index >= 15 is 0 Å². The van der Waals surface area contributed by atoms with Crippen molar-refractivity contribution in [2.45, 2.75) is 39.8 Å². The molecule has 0 unspecified atom stereocenters. The number of anilines is 1. The van der Waals surface area contributed by atoms with Gasteiger partial charge >= 0.3 is 0 Å². The summed E-state index contributed by atoms with van der Waals surface area (Å²) in [5, 5.41) is 10.4. The van der Waals surface area contributed by atoms with Crippen LogP contribution in [-0.4, -0.2) is 17.1 Å². The highest BCUT2D eigenvalue weighted by atomic mass is 32.1. The van der Waals surface area contributed by atoms with E-state index in [2.05, 4.69) is 55.0 Å². The van der Waals surface area contributed by atoms with Crippen LogP contribution in [0, 0.1) is 6.92 Å². The van der Waals surface area contributed by atoms with Crippen molar-refractivity contribution in [1.29, 1.82) is 0 Å². The maximum atomic E-state index is 9.42. The molecule has 1 N–H and O–H groups in total. The standard InChI is InChI=1S/C16H22N2OS/c1-4-6-14-15(11-19)20-16(17-14)18(3)10-13-8-5-7-12(2)9-13/h5,7-9,19H,4,6,10-11H2,1-3H3. The molecule has 2 rings (SSSR count). The molecule has 0 amide bonds. The molecule has 0 saturated carbocycles. The van der Waals surface area contributed by atoms with Gasteiger partial charge in [0.05, 0.1) is 17.2 Å². The van der Waals surface area contributed by atoms with E-state index in [1.54, 1.807) is 11.3 Å². The largest absolute Gasteiger partial charge is 0.391 e. The Morgan fingerprint density at radius 3 is 2.80 bits per heavy atom. The fourth-order valence-electron chi connectivity index (χ4n) is 2.24. The van der Waals surface area contributed by atoms with Gasteiger partial charge in [-0.3, -0.25) is 0 Å². The zero-order valence-electron chi connectivity index (χ0n) is 12.4. The van der Waals surface area contributed by atoms with E-state index in [9.17, 15) is 5.11 Å². The third-order valence-electron chi connectivity index (χ3n) is 3.23. The number of aromatic nitrogens is 1. The smallest absolute Gasteiger partial charge is 0.185 e. The van der Waals surface area contributed by atoms with Gasteiger partial charge in [0.2, 0.25) is 0 Å². The van der Waals surface area contributed by atoms with Crippen LogP contribution >= 0.6 is 11.3 Å². The zero-order chi connectivity index (χ0) is 14.5. The summed E-state index contributed by atoms with van der Waals surface area (Å²) in [7, 11) is 2.05. The molecule has 0 radical (unpaired) electrons. The minimum absolute atomic E-state index is 0.0886. The lowest BCUT2D eigenvalue weighted by molar-refractivity contribution is 0.284. The Kier molecular flexibility index (Phi) is 5.15. The molecule has 1 aromatic carbocycles. The molecule has 0 aliphatic rings. The van der Waals surface area contributed by atoms with Crippen LogP contribution in [0.1, 0.15) is 35.0 Å². The molecule has 1 aromatic heterocycles. The van der Waals surface area contributed by atoms with Crippen molar-refractivity contribution >= 4 is 16.5 Å². The first-order valence-corrected chi connectivity index (χ1v) is 7.81. The third kappa shape index (κ3) is 3.58. The number of benzene rings is 1. The van der Waals surface area contributed by atoms with Crippen LogP contribution in [0.4, 0.5) is 5.13 Å². The summed E-state index contributed by atoms with van der Waals surface area (Å²) >= 11 is 1.60. The van der Waals surface area contributed by atoms with Crippen LogP contribution in [0.2, 0.25) is 0 Å². The average Bonchev–Trinajstić information content (AvgIpc) is 2.82. The summed E-state index contributed by atoms with van der Waals surface area (Å²) < 4.78 is 0. The molecule has 4 heteroatoms. The van der Waals surface area contributed by atoms with Gasteiger partial charge in [-0.1, -0.05) is 54.5 Å². The summed E-state index contributed by atoms with van der Waals surface area (Å²) in [5.74, 6) is 0. The lowest BCUT2D eigenvalue weighted by Crippen LogP contribution is -2.16. The predicted molar refractivity (Wildman–Crippen MR) is 85.3 cm³/mol. The maximum absolute atomic E-state index is 9.42. The van der Waals surface area contributed by atoms with Crippen molar-refractivity contribution in [2.75, 3.05) is 11.9 Å². The Labute approximate surface area is 124 Å². The number of nitrogens with zero attached hydrogens (tertiary/aromatic N) is 2. The fourth-order valence-corrected chi connectivity index (χ4v) is 3.17. The SMILES string of the molecule is CCCc1nc(N(C)Cc2cccc(C)c2)sc1CO. The molecule has 3 nitrogen and oxygen atoms in total. The van der Waals surface area contributed by atoms with Gasteiger partial charge in [0.25, 0.3) is 0 Å². The summed E-state index contributed by atoms with van der Waals surface area (Å²) in [5.41, 5.74) is 3.61. The topological polar surface area (TPSA) is 36.4 Å². The molecule has 0 aliphatic heterocycles. The number of aliphatic hydroxyl groups is 1. The summed E-state index contributed by atoms with van der Waals surface area (Å²) in [6.07, 6.45) is 1.99. The lowest BCUT2D eigenvalue weighted by atomic mass is 10.1. The average molecular weight is 290 g/mol. The molecule has 0 spiro atoms. The van der Waals surface area contributed by atoms with E-state index in [0.29, 0.717) is 0 Å². The van der Waals surface area contributed by atoms with Crippen LogP contribution in [0.15, 0.2) is 24.3 Å². The second-order valence-corrected chi connectivity index (χ2v) is 6.18. The van der Waals surface area contributed by atoms with Crippen LogP contribution in [0.25, 0.3) is 0 Å². The van der Waals surface area contributed by atoms with Crippen LogP contribution in [0.3, 0.4) is 0 Å². The minimum Gasteiger partial charge on any atom is -0.391 e. The second kappa shape index (κ2) is 6.86. The highest BCUT2D eigenvalue weighted by Crippen LogP contribution is 2.27. The predicted octanol–water partition coefficient (Wildman–Crippen LogP) is 3.53. The van der Waals surface area contributed by atoms with Crippen molar-refractivity contribution < 1.29 is 5.11 Å². The Morgan fingerprint density at radius 2 is 2.15 bits per heavy atom. The highest BCUT2D eigenvalue weighted by Gasteiger charge is 2.13. The van der Waals surface area contributed by atoms with Crippen LogP contribution in [-0.2, 0) is 19.6 Å². The lowest BCUT2D eigenvalue weighted by Gasteiger charge is -2.16. The van der Waals surface area contributed by atoms with Crippen molar-refractivity contribution in [3.05, 3.63) is 46.0 Å². The molecule has 0 atom stereocenters. The first kappa shape index (κ1) is 15.0. The first-order chi connectivity index (χ1) is 9.63. The molecule has 1 heterocycles. The van der Waals surface area contributed by atoms with Crippen LogP contribution in [0.5, 0.6) is 0 Å². The van der Waals surface area contributed by atoms with Crippen molar-refractivity contribution in [3.8, 4) is 0 Å². The molecular weight excluding hydrogens is 268 g/mol. The number of rotatable bonds is 6. The Bertz CT molecular complexity index is 565. The number of aliphatic hydroxyl groups excluding tert-OH is 1.